The van der Waals surface area contributed by atoms with Crippen molar-refractivity contribution in [1.82, 2.24) is 15.1 Å². The molecule has 24 heavy (non-hydrogen) atoms. The van der Waals surface area contributed by atoms with Gasteiger partial charge in [0.05, 0.1) is 18.3 Å². The van der Waals surface area contributed by atoms with Crippen molar-refractivity contribution in [3.63, 3.8) is 0 Å². The summed E-state index contributed by atoms with van der Waals surface area (Å²) >= 11 is 0. The number of fused-ring (bicyclic) bond motifs is 1. The van der Waals surface area contributed by atoms with Crippen LogP contribution >= 0.6 is 0 Å². The van der Waals surface area contributed by atoms with E-state index in [1.165, 1.54) is 0 Å². The third-order valence-corrected chi connectivity index (χ3v) is 5.23. The molecule has 1 saturated carbocycles. The maximum atomic E-state index is 12.4. The molecule has 1 amide bonds. The third kappa shape index (κ3) is 2.84. The fourth-order valence-electron chi connectivity index (χ4n) is 3.78. The Labute approximate surface area is 142 Å². The second-order valence-electron chi connectivity index (χ2n) is 6.96. The Balaban J connectivity index is 1.38. The monoisotopic (exact) mass is 325 g/mol. The van der Waals surface area contributed by atoms with Gasteiger partial charge in [-0.15, -0.1) is 0 Å². The molecule has 0 bridgehead atoms. The van der Waals surface area contributed by atoms with E-state index >= 15 is 0 Å². The number of carbonyl (C=O) groups is 1. The smallest absolute Gasteiger partial charge is 0.251 e. The molecule has 5 heteroatoms. The first-order valence-electron chi connectivity index (χ1n) is 8.62. The zero-order chi connectivity index (χ0) is 16.7. The van der Waals surface area contributed by atoms with Crippen molar-refractivity contribution in [2.75, 3.05) is 6.61 Å². The van der Waals surface area contributed by atoms with Crippen molar-refractivity contribution in [2.45, 2.75) is 45.4 Å². The summed E-state index contributed by atoms with van der Waals surface area (Å²) in [7, 11) is 0. The second kappa shape index (κ2) is 6.06. The quantitative estimate of drug-likeness (QED) is 0.939. The minimum absolute atomic E-state index is 0.0167. The molecule has 1 aliphatic heterocycles. The van der Waals surface area contributed by atoms with Gasteiger partial charge in [-0.2, -0.15) is 5.10 Å². The number of benzene rings is 1. The van der Waals surface area contributed by atoms with Crippen LogP contribution < -0.4 is 5.32 Å². The summed E-state index contributed by atoms with van der Waals surface area (Å²) in [6.07, 6.45) is 2.39. The number of hydrogen-bond donors (Lipinski definition) is 1. The van der Waals surface area contributed by atoms with Gasteiger partial charge in [0, 0.05) is 29.8 Å². The molecule has 3 atom stereocenters. The minimum Gasteiger partial charge on any atom is -0.378 e. The summed E-state index contributed by atoms with van der Waals surface area (Å²) in [5, 5.41) is 7.63. The van der Waals surface area contributed by atoms with E-state index in [9.17, 15) is 4.79 Å². The first kappa shape index (κ1) is 15.4. The lowest BCUT2D eigenvalue weighted by atomic mass is 9.76. The summed E-state index contributed by atoms with van der Waals surface area (Å²) in [6.45, 7) is 5.62. The normalized spacial score (nSPS) is 25.2. The van der Waals surface area contributed by atoms with Crippen LogP contribution in [0.2, 0.25) is 0 Å². The lowest BCUT2D eigenvalue weighted by Crippen LogP contribution is -2.53. The predicted octanol–water partition coefficient (Wildman–Crippen LogP) is 2.46. The summed E-state index contributed by atoms with van der Waals surface area (Å²) in [6, 6.07) is 10.2. The molecule has 1 aromatic carbocycles. The van der Waals surface area contributed by atoms with Crippen molar-refractivity contribution >= 4 is 5.91 Å². The number of rotatable bonds is 4. The first-order chi connectivity index (χ1) is 11.6. The molecule has 126 valence electrons. The number of nitrogens with zero attached hydrogens (tertiary/aromatic N) is 2. The molecule has 2 aliphatic rings. The molecule has 1 aromatic heterocycles. The van der Waals surface area contributed by atoms with E-state index in [1.807, 2.05) is 35.9 Å². The van der Waals surface area contributed by atoms with Gasteiger partial charge < -0.3 is 10.1 Å². The molecular weight excluding hydrogens is 302 g/mol. The molecule has 2 heterocycles. The number of nitrogens with one attached hydrogen (secondary N) is 1. The van der Waals surface area contributed by atoms with Crippen LogP contribution in [-0.2, 0) is 11.3 Å². The number of aromatic nitrogens is 2. The van der Waals surface area contributed by atoms with E-state index in [2.05, 4.69) is 23.4 Å². The summed E-state index contributed by atoms with van der Waals surface area (Å²) < 4.78 is 7.58. The van der Waals surface area contributed by atoms with Gasteiger partial charge in [0.25, 0.3) is 5.91 Å². The predicted molar refractivity (Wildman–Crippen MR) is 91.0 cm³/mol. The Morgan fingerprint density at radius 3 is 2.79 bits per heavy atom. The Morgan fingerprint density at radius 2 is 2.12 bits per heavy atom. The summed E-state index contributed by atoms with van der Waals surface area (Å²) in [4.78, 5) is 12.4. The summed E-state index contributed by atoms with van der Waals surface area (Å²) in [5.74, 6) is 0.530. The van der Waals surface area contributed by atoms with E-state index in [-0.39, 0.29) is 11.9 Å². The average molecular weight is 325 g/mol. The summed E-state index contributed by atoms with van der Waals surface area (Å²) in [5.41, 5.74) is 4.03. The number of aryl methyl sites for hydroxylation is 2. The highest BCUT2D eigenvalue weighted by atomic mass is 16.5. The number of ether oxygens (including phenoxy) is 1. The molecule has 2 aromatic rings. The largest absolute Gasteiger partial charge is 0.378 e. The Bertz CT molecular complexity index is 750. The third-order valence-electron chi connectivity index (χ3n) is 5.23. The van der Waals surface area contributed by atoms with E-state index in [0.29, 0.717) is 12.0 Å². The van der Waals surface area contributed by atoms with Crippen LogP contribution in [0.1, 0.15) is 40.2 Å². The van der Waals surface area contributed by atoms with Crippen LogP contribution in [0.25, 0.3) is 0 Å². The van der Waals surface area contributed by atoms with E-state index in [1.54, 1.807) is 0 Å². The molecule has 1 aliphatic carbocycles. The van der Waals surface area contributed by atoms with Gasteiger partial charge in [-0.05, 0) is 50.5 Å². The van der Waals surface area contributed by atoms with Gasteiger partial charge in [0.2, 0.25) is 0 Å². The molecule has 0 unspecified atom stereocenters. The fourth-order valence-corrected chi connectivity index (χ4v) is 3.78. The number of carbonyl (C=O) groups excluding carboxylic acids is 1. The van der Waals surface area contributed by atoms with Crippen LogP contribution in [0.4, 0.5) is 0 Å². The molecule has 4 rings (SSSR count). The zero-order valence-electron chi connectivity index (χ0n) is 14.2. The highest BCUT2D eigenvalue weighted by molar-refractivity contribution is 5.94. The molecule has 0 spiro atoms. The Kier molecular flexibility index (Phi) is 3.88. The second-order valence-corrected chi connectivity index (χ2v) is 6.96. The fraction of sp³-hybridized carbons (Fsp3) is 0.474. The number of hydrogen-bond acceptors (Lipinski definition) is 3. The van der Waals surface area contributed by atoms with Crippen LogP contribution in [0.15, 0.2) is 30.3 Å². The highest BCUT2D eigenvalue weighted by Crippen LogP contribution is 2.38. The van der Waals surface area contributed by atoms with E-state index in [4.69, 9.17) is 4.74 Å². The lowest BCUT2D eigenvalue weighted by molar-refractivity contribution is 0.00810. The molecule has 2 fully saturated rings. The van der Waals surface area contributed by atoms with Crippen LogP contribution in [0.3, 0.4) is 0 Å². The van der Waals surface area contributed by atoms with Gasteiger partial charge in [-0.25, -0.2) is 0 Å². The maximum absolute atomic E-state index is 12.4. The van der Waals surface area contributed by atoms with Crippen molar-refractivity contribution in [3.05, 3.63) is 52.8 Å². The highest BCUT2D eigenvalue weighted by Gasteiger charge is 2.45. The Morgan fingerprint density at radius 1 is 1.33 bits per heavy atom. The van der Waals surface area contributed by atoms with Crippen molar-refractivity contribution < 1.29 is 9.53 Å². The maximum Gasteiger partial charge on any atom is 0.251 e. The van der Waals surface area contributed by atoms with Crippen molar-refractivity contribution in [2.24, 2.45) is 5.92 Å². The SMILES string of the molecule is Cc1cc(C)n(Cc2ccc(C(=O)N[C@H]3C[C@@H]4OCC[C@H]34)cc2)n1. The van der Waals surface area contributed by atoms with Gasteiger partial charge in [-0.1, -0.05) is 12.1 Å². The molecule has 5 nitrogen and oxygen atoms in total. The van der Waals surface area contributed by atoms with Crippen LogP contribution in [0.5, 0.6) is 0 Å². The number of amides is 1. The molecular formula is C19H23N3O2. The van der Waals surface area contributed by atoms with Gasteiger partial charge in [0.15, 0.2) is 0 Å². The van der Waals surface area contributed by atoms with Crippen molar-refractivity contribution in [1.29, 1.82) is 0 Å². The first-order valence-corrected chi connectivity index (χ1v) is 8.62. The van der Waals surface area contributed by atoms with Gasteiger partial charge in [-0.3, -0.25) is 9.48 Å². The Hall–Kier alpha value is -2.14. The van der Waals surface area contributed by atoms with E-state index < -0.39 is 0 Å². The standard InChI is InChI=1S/C19H23N3O2/c1-12-9-13(2)22(21-12)11-14-3-5-15(6-4-14)19(23)20-17-10-18-16(17)7-8-24-18/h3-6,9,16-18H,7-8,10-11H2,1-2H3,(H,20,23)/t16-,17+,18+/m1/s1. The van der Waals surface area contributed by atoms with Gasteiger partial charge >= 0.3 is 0 Å². The van der Waals surface area contributed by atoms with Gasteiger partial charge in [0.1, 0.15) is 0 Å². The van der Waals surface area contributed by atoms with Crippen molar-refractivity contribution in [3.8, 4) is 0 Å². The van der Waals surface area contributed by atoms with Crippen LogP contribution in [-0.4, -0.2) is 34.4 Å². The van der Waals surface area contributed by atoms with Crippen LogP contribution in [0, 0.1) is 19.8 Å². The molecule has 1 N–H and O–H groups in total. The molecule has 1 saturated heterocycles. The minimum atomic E-state index is 0.0167. The average Bonchev–Trinajstić information content (AvgIpc) is 3.07. The molecule has 0 radical (unpaired) electrons. The topological polar surface area (TPSA) is 56.2 Å². The lowest BCUT2D eigenvalue weighted by Gasteiger charge is -2.39. The zero-order valence-corrected chi connectivity index (χ0v) is 14.2. The van der Waals surface area contributed by atoms with E-state index in [0.717, 1.165) is 48.5 Å².